The van der Waals surface area contributed by atoms with Crippen LogP contribution in [0.2, 0.25) is 0 Å². The van der Waals surface area contributed by atoms with Gasteiger partial charge in [0.1, 0.15) is 4.60 Å². The molecule has 0 saturated carbocycles. The van der Waals surface area contributed by atoms with Gasteiger partial charge < -0.3 is 0 Å². The van der Waals surface area contributed by atoms with Crippen LogP contribution in [0, 0.1) is 41.5 Å². The Morgan fingerprint density at radius 3 is 0.941 bits per heavy atom. The number of aromatic nitrogens is 6. The fourth-order valence-corrected chi connectivity index (χ4v) is 5.16. The first-order chi connectivity index (χ1) is 35.3. The van der Waals surface area contributed by atoms with E-state index in [0.29, 0.717) is 0 Å². The molecule has 0 unspecified atom stereocenters. The van der Waals surface area contributed by atoms with Crippen molar-refractivity contribution in [2.75, 3.05) is 0 Å². The van der Waals surface area contributed by atoms with Crippen molar-refractivity contribution in [3.8, 4) is 0 Å². The summed E-state index contributed by atoms with van der Waals surface area (Å²) in [6.07, 6.45) is 43.2. The number of nitrogens with zero attached hydrogens (tertiary/aromatic N) is 6. The second-order valence-electron chi connectivity index (χ2n) is 16.2. The first-order valence-electron chi connectivity index (χ1n) is 26.8. The fraction of sp³-hybridized carbons (Fsp3) is 0.513. The van der Waals surface area contributed by atoms with Crippen LogP contribution in [0.5, 0.6) is 0 Å². The third-order valence-electron chi connectivity index (χ3n) is 8.87. The smallest absolute Gasteiger partial charge is 0.106 e. The maximum atomic E-state index is 4.31. The maximum absolute atomic E-state index is 4.31. The maximum Gasteiger partial charge on any atom is 0.106 e. The van der Waals surface area contributed by atoms with Crippen LogP contribution in [0.3, 0.4) is 0 Å². The Morgan fingerprint density at radius 2 is 0.718 bits per heavy atom. The number of allylic oxidation sites excluding steroid dienone is 5. The zero-order chi connectivity index (χ0) is 56.0. The van der Waals surface area contributed by atoms with E-state index in [9.17, 15) is 0 Å². The summed E-state index contributed by atoms with van der Waals surface area (Å²) in [4.78, 5) is 24.0. The molecule has 6 rings (SSSR count). The number of pyridine rings is 6. The van der Waals surface area contributed by atoms with Crippen LogP contribution in [-0.4, -0.2) is 29.9 Å². The summed E-state index contributed by atoms with van der Waals surface area (Å²) in [5.41, 5.74) is 9.89. The number of rotatable bonds is 12. The molecule has 0 amide bonds. The van der Waals surface area contributed by atoms with Crippen LogP contribution in [0.25, 0.3) is 6.08 Å². The van der Waals surface area contributed by atoms with Crippen LogP contribution >= 0.6 is 15.9 Å². The van der Waals surface area contributed by atoms with Crippen LogP contribution in [0.1, 0.15) is 274 Å². The Morgan fingerprint density at radius 1 is 0.388 bits per heavy atom. The zero-order valence-electron chi connectivity index (χ0n) is 49.0. The quantitative estimate of drug-likeness (QED) is 0.0690. The third kappa shape index (κ3) is 110. The second kappa shape index (κ2) is 106. The van der Waals surface area contributed by atoms with Crippen LogP contribution in [-0.2, 0) is 6.42 Å². The molecule has 500 valence electrons. The molecular weight excluding hydrogens is 1100 g/mol. The van der Waals surface area contributed by atoms with E-state index in [1.165, 1.54) is 84.0 Å². The monoisotopic (exact) mass is 1250 g/mol. The van der Waals surface area contributed by atoms with Gasteiger partial charge in [-0.2, -0.15) is 0 Å². The Labute approximate surface area is 547 Å². The minimum Gasteiger partial charge on any atom is -0.265 e. The van der Waals surface area contributed by atoms with Gasteiger partial charge in [0.2, 0.25) is 0 Å². The van der Waals surface area contributed by atoms with Crippen LogP contribution < -0.4 is 0 Å². The molecule has 0 saturated heterocycles. The van der Waals surface area contributed by atoms with Crippen molar-refractivity contribution in [1.82, 2.24) is 29.9 Å². The lowest BCUT2D eigenvalue weighted by atomic mass is 10.1. The number of hydrogen-bond donors (Lipinski definition) is 0. The fourth-order valence-electron chi connectivity index (χ4n) is 4.68. The van der Waals surface area contributed by atoms with Gasteiger partial charge in [-0.1, -0.05) is 220 Å². The van der Waals surface area contributed by atoms with E-state index in [0.717, 1.165) is 42.4 Å². The molecular formula is C78H151BrN6. The molecule has 6 aromatic heterocycles. The summed E-state index contributed by atoms with van der Waals surface area (Å²) < 4.78 is 0.900. The number of unbranched alkanes of at least 4 members (excludes halogenated alkanes) is 5. The molecule has 0 bridgehead atoms. The molecule has 0 aromatic carbocycles. The normalized spacial score (nSPS) is 7.73. The highest BCUT2D eigenvalue weighted by Gasteiger charge is 1.94. The molecule has 0 atom stereocenters. The lowest BCUT2D eigenvalue weighted by molar-refractivity contribution is 0.707. The summed E-state index contributed by atoms with van der Waals surface area (Å²) in [6.45, 7) is 40.4. The molecule has 6 heterocycles. The summed E-state index contributed by atoms with van der Waals surface area (Å²) in [6, 6.07) is 24.1. The van der Waals surface area contributed by atoms with E-state index < -0.39 is 0 Å². The summed E-state index contributed by atoms with van der Waals surface area (Å²) in [5, 5.41) is 0. The van der Waals surface area contributed by atoms with E-state index in [4.69, 9.17) is 0 Å². The van der Waals surface area contributed by atoms with Gasteiger partial charge in [-0.25, -0.2) is 4.98 Å². The van der Waals surface area contributed by atoms with Crippen molar-refractivity contribution < 1.29 is 0 Å². The minimum atomic E-state index is 0. The lowest BCUT2D eigenvalue weighted by Gasteiger charge is -1.99. The molecule has 0 N–H and O–H groups in total. The largest absolute Gasteiger partial charge is 0.265 e. The highest BCUT2D eigenvalue weighted by molar-refractivity contribution is 9.10. The van der Waals surface area contributed by atoms with Crippen molar-refractivity contribution in [2.45, 2.75) is 277 Å². The molecule has 0 spiro atoms. The van der Waals surface area contributed by atoms with Crippen molar-refractivity contribution in [3.63, 3.8) is 0 Å². The van der Waals surface area contributed by atoms with E-state index in [1.807, 2.05) is 134 Å². The Hall–Kier alpha value is -5.66. The van der Waals surface area contributed by atoms with Gasteiger partial charge in [0.15, 0.2) is 0 Å². The van der Waals surface area contributed by atoms with Gasteiger partial charge >= 0.3 is 0 Å². The lowest BCUT2D eigenvalue weighted by Crippen LogP contribution is -1.90. The molecule has 0 radical (unpaired) electrons. The van der Waals surface area contributed by atoms with Gasteiger partial charge in [0, 0.05) is 61.5 Å². The van der Waals surface area contributed by atoms with Crippen molar-refractivity contribution in [3.05, 3.63) is 221 Å². The first-order valence-corrected chi connectivity index (χ1v) is 27.6. The molecule has 7 heteroatoms. The third-order valence-corrected chi connectivity index (χ3v) is 9.30. The van der Waals surface area contributed by atoms with Gasteiger partial charge in [0.05, 0.1) is 5.69 Å². The second-order valence-corrected chi connectivity index (χ2v) is 17.0. The number of halogens is 1. The van der Waals surface area contributed by atoms with Gasteiger partial charge in [-0.3, -0.25) is 24.9 Å². The van der Waals surface area contributed by atoms with Crippen molar-refractivity contribution in [2.24, 2.45) is 0 Å². The van der Waals surface area contributed by atoms with Gasteiger partial charge in [0.25, 0.3) is 0 Å². The molecule has 0 aliphatic heterocycles. The zero-order valence-corrected chi connectivity index (χ0v) is 50.6. The highest BCUT2D eigenvalue weighted by atomic mass is 79.9. The standard InChI is InChI=1S/C11H17N.C11H15N.C6H6BrN.3C6H7N.C5H12.C5H10.2C4H8.C2H6.12CH4/c2*1-3-4-5-6-11-9-10(2)7-8-12-11;1-5-2-3-8-6(7)4-5;3*1-6-2-4-7-5-3-6;2*1-3-5-4-2;2*1-3-4-2;1-2;;;;;;;;;;;;/h7-9H,3-6H2,1-2H3;5-9H,3-4H2,1-2H3;2-4H,1H3;3*2-5H,1H3;3-5H2,1-2H3;3,5H,4H2,1-2H3;2*3H,1,4H2,2H3;1-2H3;12*1H4/b;6-5+;;;;;;5-3+;;;;;;;;;;;;;;;. The first kappa shape index (κ1) is 125. The van der Waals surface area contributed by atoms with E-state index in [-0.39, 0.29) is 89.1 Å². The minimum absolute atomic E-state index is 0. The van der Waals surface area contributed by atoms with E-state index in [2.05, 4.69) is 158 Å². The molecule has 0 fully saturated rings. The van der Waals surface area contributed by atoms with Gasteiger partial charge in [-0.15, -0.1) is 13.2 Å². The predicted octanol–water partition coefficient (Wildman–Crippen LogP) is 28.6. The highest BCUT2D eigenvalue weighted by Crippen LogP contribution is 2.07. The molecule has 6 aromatic rings. The van der Waals surface area contributed by atoms with Crippen molar-refractivity contribution in [1.29, 1.82) is 0 Å². The Bertz CT molecular complexity index is 1940. The average Bonchev–Trinajstić information content (AvgIpc) is 3.40. The van der Waals surface area contributed by atoms with Gasteiger partial charge in [-0.05, 0) is 215 Å². The molecule has 0 aliphatic rings. The predicted molar refractivity (Wildman–Crippen MR) is 412 cm³/mol. The average molecular weight is 1250 g/mol. The van der Waals surface area contributed by atoms with Crippen LogP contribution in [0.15, 0.2) is 177 Å². The molecule has 0 aliphatic carbocycles. The Balaban J connectivity index is -0.0000000403. The SMILES string of the molecule is C.C.C.C.C.C.C.C.C.C.C.C.C/C=C/CC.C=CCC.C=CCC.CC.CCC/C=C/c1cc(C)ccn1.CCCCC.CCCCCc1cc(C)ccn1.Cc1ccnc(Br)c1.Cc1ccncc1.Cc1ccncc1.Cc1ccncc1. The van der Waals surface area contributed by atoms with E-state index in [1.54, 1.807) is 43.4 Å². The van der Waals surface area contributed by atoms with Crippen molar-refractivity contribution >= 4 is 22.0 Å². The van der Waals surface area contributed by atoms with Crippen LogP contribution in [0.4, 0.5) is 0 Å². The topological polar surface area (TPSA) is 77.3 Å². The Kier molecular flexibility index (Phi) is 157. The number of aryl methyl sites for hydroxylation is 7. The summed E-state index contributed by atoms with van der Waals surface area (Å²) >= 11 is 3.25. The molecule has 6 nitrogen and oxygen atoms in total. The van der Waals surface area contributed by atoms with E-state index >= 15 is 0 Å². The number of hydrogen-bond acceptors (Lipinski definition) is 6. The summed E-state index contributed by atoms with van der Waals surface area (Å²) in [5.74, 6) is 0. The molecule has 85 heavy (non-hydrogen) atoms. The summed E-state index contributed by atoms with van der Waals surface area (Å²) in [7, 11) is 0.